The van der Waals surface area contributed by atoms with Gasteiger partial charge in [0.2, 0.25) is 11.8 Å². The number of rotatable bonds is 13. The molecule has 1 N–H and O–H groups in total. The molecule has 0 spiro atoms. The Morgan fingerprint density at radius 3 is 2.22 bits per heavy atom. The Morgan fingerprint density at radius 2 is 1.59 bits per heavy atom. The first-order valence-corrected chi connectivity index (χ1v) is 15.3. The van der Waals surface area contributed by atoms with Crippen molar-refractivity contribution in [2.75, 3.05) is 24.5 Å². The summed E-state index contributed by atoms with van der Waals surface area (Å²) < 4.78 is 34.8. The van der Waals surface area contributed by atoms with Crippen LogP contribution in [0.5, 0.6) is 5.75 Å². The number of nitrogens with one attached hydrogen (secondary N) is 1. The van der Waals surface area contributed by atoms with Gasteiger partial charge in [0.15, 0.2) is 0 Å². The Kier molecular flexibility index (Phi) is 10.9. The van der Waals surface area contributed by atoms with E-state index in [9.17, 15) is 18.0 Å². The lowest BCUT2D eigenvalue weighted by molar-refractivity contribution is -0.139. The number of nitrogens with zero attached hydrogens (tertiary/aromatic N) is 2. The third-order valence-electron chi connectivity index (χ3n) is 6.92. The summed E-state index contributed by atoms with van der Waals surface area (Å²) in [5, 5.41) is 2.90. The summed E-state index contributed by atoms with van der Waals surface area (Å²) in [5.74, 6) is -0.487. The van der Waals surface area contributed by atoms with Gasteiger partial charge in [-0.15, -0.1) is 0 Å². The third-order valence-corrected chi connectivity index (χ3v) is 8.70. The van der Waals surface area contributed by atoms with Crippen LogP contribution in [0.2, 0.25) is 0 Å². The summed E-state index contributed by atoms with van der Waals surface area (Å²) in [6.07, 6.45) is 1.74. The molecule has 0 radical (unpaired) electrons. The lowest BCUT2D eigenvalue weighted by Crippen LogP contribution is -2.51. The van der Waals surface area contributed by atoms with Gasteiger partial charge < -0.3 is 15.0 Å². The van der Waals surface area contributed by atoms with Crippen molar-refractivity contribution in [1.82, 2.24) is 10.2 Å². The molecule has 0 fully saturated rings. The molecule has 3 aromatic rings. The molecule has 8 nitrogen and oxygen atoms in total. The fourth-order valence-corrected chi connectivity index (χ4v) is 5.89. The molecule has 0 aliphatic rings. The minimum Gasteiger partial charge on any atom is -0.495 e. The molecule has 3 aromatic carbocycles. The van der Waals surface area contributed by atoms with E-state index in [1.807, 2.05) is 58.0 Å². The molecule has 0 heterocycles. The summed E-state index contributed by atoms with van der Waals surface area (Å²) >= 11 is 0. The Morgan fingerprint density at radius 1 is 0.927 bits per heavy atom. The van der Waals surface area contributed by atoms with Gasteiger partial charge >= 0.3 is 0 Å². The van der Waals surface area contributed by atoms with Crippen molar-refractivity contribution in [3.63, 3.8) is 0 Å². The number of sulfonamides is 1. The molecular formula is C32H41N3O5S. The van der Waals surface area contributed by atoms with Crippen LogP contribution in [-0.2, 0) is 26.2 Å². The zero-order chi connectivity index (χ0) is 30.2. The Labute approximate surface area is 244 Å². The van der Waals surface area contributed by atoms with Crippen LogP contribution >= 0.6 is 0 Å². The van der Waals surface area contributed by atoms with Crippen LogP contribution in [0.25, 0.3) is 0 Å². The highest BCUT2D eigenvalue weighted by Gasteiger charge is 2.33. The number of unbranched alkanes of at least 4 members (excludes halogenated alkanes) is 1. The number of aryl methyl sites for hydroxylation is 3. The van der Waals surface area contributed by atoms with Crippen LogP contribution in [0, 0.1) is 20.8 Å². The summed E-state index contributed by atoms with van der Waals surface area (Å²) in [4.78, 5) is 28.7. The van der Waals surface area contributed by atoms with E-state index < -0.39 is 28.5 Å². The molecule has 0 aliphatic carbocycles. The maximum atomic E-state index is 14.1. The Hall–Kier alpha value is -3.85. The topological polar surface area (TPSA) is 96.0 Å². The standard InChI is InChI=1S/C32H41N3O5S/c1-7-8-18-33-32(37)26(5)34(21-27-11-9-10-24(3)19-27)31(36)22-35(29-20-25(4)14-17-30(29)40-6)41(38,39)28-15-12-23(2)13-16-28/h9-17,19-20,26H,7-8,18,21-22H2,1-6H3,(H,33,37)/t26-/m1/s1. The monoisotopic (exact) mass is 579 g/mol. The second-order valence-electron chi connectivity index (χ2n) is 10.3. The van der Waals surface area contributed by atoms with Gasteiger partial charge in [-0.05, 0) is 69.5 Å². The third kappa shape index (κ3) is 8.10. The van der Waals surface area contributed by atoms with E-state index in [2.05, 4.69) is 5.32 Å². The van der Waals surface area contributed by atoms with Crippen molar-refractivity contribution < 1.29 is 22.7 Å². The van der Waals surface area contributed by atoms with E-state index in [-0.39, 0.29) is 23.0 Å². The predicted octanol–water partition coefficient (Wildman–Crippen LogP) is 5.15. The first-order valence-electron chi connectivity index (χ1n) is 13.8. The number of carbonyl (C=O) groups is 2. The first-order chi connectivity index (χ1) is 19.5. The number of carbonyl (C=O) groups excluding carboxylic acids is 2. The van der Waals surface area contributed by atoms with Crippen LogP contribution in [0.3, 0.4) is 0 Å². The quantitative estimate of drug-likeness (QED) is 0.283. The second kappa shape index (κ2) is 14.2. The van der Waals surface area contributed by atoms with Crippen LogP contribution in [0.1, 0.15) is 48.9 Å². The molecule has 9 heteroatoms. The number of hydrogen-bond acceptors (Lipinski definition) is 5. The lowest BCUT2D eigenvalue weighted by atomic mass is 10.1. The van der Waals surface area contributed by atoms with Gasteiger partial charge in [0.1, 0.15) is 18.3 Å². The predicted molar refractivity (Wildman–Crippen MR) is 163 cm³/mol. The van der Waals surface area contributed by atoms with Crippen molar-refractivity contribution in [3.05, 3.63) is 89.0 Å². The maximum Gasteiger partial charge on any atom is 0.264 e. The fraction of sp³-hybridized carbons (Fsp3) is 0.375. The Bertz CT molecular complexity index is 1450. The van der Waals surface area contributed by atoms with Gasteiger partial charge in [-0.3, -0.25) is 13.9 Å². The molecule has 41 heavy (non-hydrogen) atoms. The minimum atomic E-state index is -4.19. The minimum absolute atomic E-state index is 0.0510. The molecule has 0 bridgehead atoms. The fourth-order valence-electron chi connectivity index (χ4n) is 4.47. The average molecular weight is 580 g/mol. The van der Waals surface area contributed by atoms with Gasteiger partial charge in [0.05, 0.1) is 17.7 Å². The molecule has 220 valence electrons. The molecule has 0 saturated carbocycles. The van der Waals surface area contributed by atoms with Crippen LogP contribution in [0.15, 0.2) is 71.6 Å². The van der Waals surface area contributed by atoms with Crippen molar-refractivity contribution in [2.24, 2.45) is 0 Å². The van der Waals surface area contributed by atoms with E-state index >= 15 is 0 Å². The smallest absolute Gasteiger partial charge is 0.264 e. The van der Waals surface area contributed by atoms with Crippen molar-refractivity contribution in [2.45, 2.75) is 64.9 Å². The summed E-state index contributed by atoms with van der Waals surface area (Å²) in [7, 11) is -2.73. The largest absolute Gasteiger partial charge is 0.495 e. The van der Waals surface area contributed by atoms with Gasteiger partial charge in [-0.25, -0.2) is 8.42 Å². The highest BCUT2D eigenvalue weighted by Crippen LogP contribution is 2.34. The number of ether oxygens (including phenoxy) is 1. The zero-order valence-corrected chi connectivity index (χ0v) is 25.6. The molecule has 1 atom stereocenters. The normalized spacial score (nSPS) is 12.0. The van der Waals surface area contributed by atoms with E-state index in [0.29, 0.717) is 12.3 Å². The van der Waals surface area contributed by atoms with Gasteiger partial charge in [-0.1, -0.05) is 66.9 Å². The van der Waals surface area contributed by atoms with E-state index in [1.165, 1.54) is 24.1 Å². The van der Waals surface area contributed by atoms with Crippen LogP contribution < -0.4 is 14.4 Å². The number of methoxy groups -OCH3 is 1. The number of benzene rings is 3. The van der Waals surface area contributed by atoms with Gasteiger partial charge in [-0.2, -0.15) is 0 Å². The number of amides is 2. The van der Waals surface area contributed by atoms with Crippen molar-refractivity contribution in [1.29, 1.82) is 0 Å². The van der Waals surface area contributed by atoms with Crippen molar-refractivity contribution >= 4 is 27.5 Å². The molecule has 0 aromatic heterocycles. The molecule has 3 rings (SSSR count). The van der Waals surface area contributed by atoms with Crippen LogP contribution in [0.4, 0.5) is 5.69 Å². The van der Waals surface area contributed by atoms with E-state index in [1.54, 1.807) is 31.2 Å². The maximum absolute atomic E-state index is 14.1. The zero-order valence-electron chi connectivity index (χ0n) is 24.8. The Balaban J connectivity index is 2.07. The second-order valence-corrected chi connectivity index (χ2v) is 12.2. The molecular weight excluding hydrogens is 538 g/mol. The van der Waals surface area contributed by atoms with E-state index in [4.69, 9.17) is 4.74 Å². The molecule has 2 amide bonds. The summed E-state index contributed by atoms with van der Waals surface area (Å²) in [5.41, 5.74) is 3.82. The molecule has 0 saturated heterocycles. The SMILES string of the molecule is CCCCNC(=O)[C@@H](C)N(Cc1cccc(C)c1)C(=O)CN(c1cc(C)ccc1OC)S(=O)(=O)c1ccc(C)cc1. The lowest BCUT2D eigenvalue weighted by Gasteiger charge is -2.32. The average Bonchev–Trinajstić information content (AvgIpc) is 2.94. The first kappa shape index (κ1) is 31.7. The van der Waals surface area contributed by atoms with Gasteiger partial charge in [0, 0.05) is 13.1 Å². The highest BCUT2D eigenvalue weighted by atomic mass is 32.2. The van der Waals surface area contributed by atoms with Gasteiger partial charge in [0.25, 0.3) is 10.0 Å². The van der Waals surface area contributed by atoms with Crippen molar-refractivity contribution in [3.8, 4) is 5.75 Å². The molecule has 0 aliphatic heterocycles. The highest BCUT2D eigenvalue weighted by molar-refractivity contribution is 7.92. The van der Waals surface area contributed by atoms with Crippen LogP contribution in [-0.4, -0.2) is 51.4 Å². The number of anilines is 1. The van der Waals surface area contributed by atoms with E-state index in [0.717, 1.165) is 39.4 Å². The molecule has 0 unspecified atom stereocenters. The summed E-state index contributed by atoms with van der Waals surface area (Å²) in [6, 6.07) is 18.5. The number of hydrogen-bond donors (Lipinski definition) is 1. The summed E-state index contributed by atoms with van der Waals surface area (Å²) in [6.45, 7) is 9.50.